The Kier molecular flexibility index (Phi) is 5.35. The molecular weight excluding hydrogens is 421 g/mol. The zero-order chi connectivity index (χ0) is 21.5. The molecule has 0 radical (unpaired) electrons. The summed E-state index contributed by atoms with van der Waals surface area (Å²) in [5, 5.41) is 7.34. The van der Waals surface area contributed by atoms with Crippen molar-refractivity contribution in [3.63, 3.8) is 0 Å². The number of hydrogen-bond acceptors (Lipinski definition) is 4. The number of nitrogens with one attached hydrogen (secondary N) is 1. The molecule has 0 atom stereocenters. The Morgan fingerprint density at radius 3 is 2.53 bits per heavy atom. The summed E-state index contributed by atoms with van der Waals surface area (Å²) in [6, 6.07) is 5.56. The van der Waals surface area contributed by atoms with Crippen LogP contribution in [0.2, 0.25) is 0 Å². The number of alkyl halides is 3. The number of carbonyl (C=O) groups excluding carboxylic acids is 1. The second-order valence-corrected chi connectivity index (χ2v) is 9.43. The highest BCUT2D eigenvalue weighted by atomic mass is 32.2. The van der Waals surface area contributed by atoms with Gasteiger partial charge >= 0.3 is 6.18 Å². The van der Waals surface area contributed by atoms with E-state index < -0.39 is 21.8 Å². The molecular formula is C19H21F3N4O3S. The number of benzene rings is 1. The highest BCUT2D eigenvalue weighted by Gasteiger charge is 2.35. The molecule has 1 fully saturated rings. The molecule has 162 valence electrons. The number of hydrogen-bond donors (Lipinski definition) is 1. The maximum Gasteiger partial charge on any atom is 0.416 e. The molecule has 0 spiro atoms. The molecule has 1 aromatic heterocycles. The van der Waals surface area contributed by atoms with Crippen LogP contribution in [0, 0.1) is 0 Å². The van der Waals surface area contributed by atoms with Gasteiger partial charge in [-0.3, -0.25) is 9.48 Å². The predicted molar refractivity (Wildman–Crippen MR) is 101 cm³/mol. The summed E-state index contributed by atoms with van der Waals surface area (Å²) >= 11 is 0. The summed E-state index contributed by atoms with van der Waals surface area (Å²) < 4.78 is 67.4. The van der Waals surface area contributed by atoms with E-state index in [1.807, 2.05) is 0 Å². The molecule has 7 nitrogen and oxygen atoms in total. The van der Waals surface area contributed by atoms with Crippen LogP contribution in [0.3, 0.4) is 0 Å². The molecule has 4 rings (SSSR count). The number of carbonyl (C=O) groups is 1. The number of halogens is 3. The molecule has 11 heteroatoms. The van der Waals surface area contributed by atoms with Crippen LogP contribution in [0.4, 0.5) is 13.2 Å². The van der Waals surface area contributed by atoms with E-state index in [2.05, 4.69) is 10.4 Å². The van der Waals surface area contributed by atoms with Gasteiger partial charge in [0.05, 0.1) is 16.2 Å². The Labute approximate surface area is 171 Å². The maximum absolute atomic E-state index is 12.9. The van der Waals surface area contributed by atoms with Crippen molar-refractivity contribution >= 4 is 15.9 Å². The Balaban J connectivity index is 1.48. The third-order valence-electron chi connectivity index (χ3n) is 5.54. The number of aryl methyl sites for hydroxylation is 1. The van der Waals surface area contributed by atoms with Crippen molar-refractivity contribution < 1.29 is 26.4 Å². The molecule has 2 aliphatic heterocycles. The molecule has 1 N–H and O–H groups in total. The van der Waals surface area contributed by atoms with Crippen LogP contribution in [0.1, 0.15) is 46.9 Å². The van der Waals surface area contributed by atoms with Gasteiger partial charge in [-0.25, -0.2) is 8.42 Å². The summed E-state index contributed by atoms with van der Waals surface area (Å²) in [6.07, 6.45) is -2.86. The average molecular weight is 442 g/mol. The lowest BCUT2D eigenvalue weighted by molar-refractivity contribution is -0.137. The van der Waals surface area contributed by atoms with Gasteiger partial charge in [0.25, 0.3) is 5.91 Å². The lowest BCUT2D eigenvalue weighted by Gasteiger charge is -2.30. The zero-order valence-electron chi connectivity index (χ0n) is 16.0. The van der Waals surface area contributed by atoms with E-state index in [1.165, 1.54) is 10.4 Å². The van der Waals surface area contributed by atoms with Crippen molar-refractivity contribution in [3.05, 3.63) is 47.3 Å². The molecule has 2 aromatic rings. The van der Waals surface area contributed by atoms with E-state index in [1.54, 1.807) is 10.7 Å². The van der Waals surface area contributed by atoms with Crippen LogP contribution in [0.15, 0.2) is 35.2 Å². The van der Waals surface area contributed by atoms with Crippen LogP contribution in [-0.4, -0.2) is 48.0 Å². The Morgan fingerprint density at radius 2 is 1.83 bits per heavy atom. The van der Waals surface area contributed by atoms with Gasteiger partial charge in [0, 0.05) is 32.1 Å². The first-order valence-corrected chi connectivity index (χ1v) is 11.1. The Morgan fingerprint density at radius 1 is 1.10 bits per heavy atom. The lowest BCUT2D eigenvalue weighted by atomic mass is 9.94. The number of rotatable bonds is 3. The fraction of sp³-hybridized carbons (Fsp3) is 0.474. The zero-order valence-corrected chi connectivity index (χ0v) is 16.8. The van der Waals surface area contributed by atoms with E-state index in [-0.39, 0.29) is 29.8 Å². The number of amides is 1. The topological polar surface area (TPSA) is 84.3 Å². The maximum atomic E-state index is 12.9. The molecule has 0 unspecified atom stereocenters. The van der Waals surface area contributed by atoms with E-state index in [0.717, 1.165) is 24.2 Å². The molecule has 1 aromatic carbocycles. The van der Waals surface area contributed by atoms with Crippen molar-refractivity contribution in [2.45, 2.75) is 42.8 Å². The van der Waals surface area contributed by atoms with Crippen molar-refractivity contribution in [1.82, 2.24) is 19.4 Å². The van der Waals surface area contributed by atoms with Crippen molar-refractivity contribution in [2.24, 2.45) is 0 Å². The minimum Gasteiger partial charge on any atom is -0.351 e. The number of aromatic nitrogens is 2. The summed E-state index contributed by atoms with van der Waals surface area (Å²) in [5.41, 5.74) is 0.260. The fourth-order valence-corrected chi connectivity index (χ4v) is 5.40. The summed E-state index contributed by atoms with van der Waals surface area (Å²) in [7, 11) is -4.02. The normalized spacial score (nSPS) is 19.2. The van der Waals surface area contributed by atoms with Gasteiger partial charge in [0.2, 0.25) is 10.0 Å². The van der Waals surface area contributed by atoms with E-state index in [4.69, 9.17) is 0 Å². The van der Waals surface area contributed by atoms with Crippen LogP contribution in [0.25, 0.3) is 0 Å². The molecule has 2 aliphatic rings. The highest BCUT2D eigenvalue weighted by molar-refractivity contribution is 7.89. The van der Waals surface area contributed by atoms with E-state index in [0.29, 0.717) is 37.7 Å². The van der Waals surface area contributed by atoms with Crippen molar-refractivity contribution in [2.75, 3.05) is 19.6 Å². The van der Waals surface area contributed by atoms with E-state index in [9.17, 15) is 26.4 Å². The van der Waals surface area contributed by atoms with Gasteiger partial charge in [0.1, 0.15) is 5.69 Å². The third kappa shape index (κ3) is 3.95. The van der Waals surface area contributed by atoms with Crippen LogP contribution >= 0.6 is 0 Å². The third-order valence-corrected chi connectivity index (χ3v) is 7.43. The highest BCUT2D eigenvalue weighted by Crippen LogP contribution is 2.33. The van der Waals surface area contributed by atoms with Gasteiger partial charge in [0.15, 0.2) is 0 Å². The summed E-state index contributed by atoms with van der Waals surface area (Å²) in [4.78, 5) is 11.7. The first-order chi connectivity index (χ1) is 14.2. The molecule has 3 heterocycles. The minimum atomic E-state index is -4.61. The number of nitrogens with zero attached hydrogens (tertiary/aromatic N) is 3. The predicted octanol–water partition coefficient (Wildman–Crippen LogP) is 2.60. The average Bonchev–Trinajstić information content (AvgIpc) is 3.07. The first-order valence-electron chi connectivity index (χ1n) is 9.69. The quantitative estimate of drug-likeness (QED) is 0.792. The summed E-state index contributed by atoms with van der Waals surface area (Å²) in [5.74, 6) is -0.180. The van der Waals surface area contributed by atoms with Gasteiger partial charge in [-0.15, -0.1) is 0 Å². The van der Waals surface area contributed by atoms with Crippen LogP contribution in [-0.2, 0) is 22.7 Å². The van der Waals surface area contributed by atoms with Crippen LogP contribution < -0.4 is 5.32 Å². The SMILES string of the molecule is O=C1NCCCn2nc(C3CCN(S(=O)(=O)c4cccc(C(F)(F)F)c4)CC3)cc21. The van der Waals surface area contributed by atoms with Crippen molar-refractivity contribution in [3.8, 4) is 0 Å². The molecule has 1 amide bonds. The van der Waals surface area contributed by atoms with Gasteiger partial charge in [-0.2, -0.15) is 22.6 Å². The second-order valence-electron chi connectivity index (χ2n) is 7.49. The number of fused-ring (bicyclic) bond motifs is 1. The van der Waals surface area contributed by atoms with Gasteiger partial charge in [-0.1, -0.05) is 6.07 Å². The second kappa shape index (κ2) is 7.69. The Hall–Kier alpha value is -2.40. The fourth-order valence-electron chi connectivity index (χ4n) is 3.88. The molecule has 30 heavy (non-hydrogen) atoms. The van der Waals surface area contributed by atoms with Crippen LogP contribution in [0.5, 0.6) is 0 Å². The van der Waals surface area contributed by atoms with Gasteiger partial charge < -0.3 is 5.32 Å². The lowest BCUT2D eigenvalue weighted by Crippen LogP contribution is -2.38. The smallest absolute Gasteiger partial charge is 0.351 e. The molecule has 0 bridgehead atoms. The number of piperidine rings is 1. The Bertz CT molecular complexity index is 1060. The van der Waals surface area contributed by atoms with E-state index >= 15 is 0 Å². The standard InChI is InChI=1S/C19H21F3N4O3S/c20-19(21,22)14-3-1-4-15(11-14)30(28,29)25-9-5-13(6-10-25)16-12-17-18(27)23-7-2-8-26(17)24-16/h1,3-4,11-13H,2,5-10H2,(H,23,27). The molecule has 0 aliphatic carbocycles. The minimum absolute atomic E-state index is 0.00909. The number of sulfonamides is 1. The summed E-state index contributed by atoms with van der Waals surface area (Å²) in [6.45, 7) is 1.59. The first kappa shape index (κ1) is 20.9. The molecule has 0 saturated carbocycles. The molecule has 1 saturated heterocycles. The monoisotopic (exact) mass is 442 g/mol. The van der Waals surface area contributed by atoms with Crippen molar-refractivity contribution in [1.29, 1.82) is 0 Å². The largest absolute Gasteiger partial charge is 0.416 e. The van der Waals surface area contributed by atoms with Gasteiger partial charge in [-0.05, 0) is 43.5 Å².